The molecule has 1 aromatic rings. The highest BCUT2D eigenvalue weighted by atomic mass is 79.9. The number of ether oxygens (including phenoxy) is 1. The van der Waals surface area contributed by atoms with Crippen LogP contribution in [-0.2, 0) is 16.1 Å². The second-order valence-corrected chi connectivity index (χ2v) is 10.5. The fourth-order valence-corrected chi connectivity index (χ4v) is 3.48. The van der Waals surface area contributed by atoms with Crippen molar-refractivity contribution in [1.82, 2.24) is 15.5 Å². The Morgan fingerprint density at radius 1 is 1.26 bits per heavy atom. The molecule has 9 heteroatoms. The molecule has 0 radical (unpaired) electrons. The molecule has 0 aromatic heterocycles. The maximum absolute atomic E-state index is 12.8. The van der Waals surface area contributed by atoms with Crippen LogP contribution >= 0.6 is 15.9 Å². The van der Waals surface area contributed by atoms with E-state index in [1.807, 2.05) is 59.7 Å². The number of benzene rings is 1. The van der Waals surface area contributed by atoms with E-state index in [-0.39, 0.29) is 23.4 Å². The zero-order valence-corrected chi connectivity index (χ0v) is 20.6. The third-order valence-electron chi connectivity index (χ3n) is 4.48. The van der Waals surface area contributed by atoms with E-state index < -0.39 is 11.5 Å². The standard InChI is InChI=1S/C22H32BrN5O3/c1-21(2,3)25-12-18(27-24)19(29)26-17-9-10-28(20(30)31-22(4,5)6)13-14-11-15(23)7-8-16(14)17/h7-8,11-12,17,24-25H,9-10,13H2,1-6H3,(H,26,29)/b18-12-,27-24?/t17-/m1/s1. The van der Waals surface area contributed by atoms with Crippen molar-refractivity contribution in [3.8, 4) is 0 Å². The Hall–Kier alpha value is -2.42. The number of nitrogens with zero attached hydrogens (tertiary/aromatic N) is 2. The molecule has 0 unspecified atom stereocenters. The summed E-state index contributed by atoms with van der Waals surface area (Å²) in [6.45, 7) is 12.2. The predicted octanol–water partition coefficient (Wildman–Crippen LogP) is 5.01. The van der Waals surface area contributed by atoms with E-state index in [4.69, 9.17) is 10.3 Å². The van der Waals surface area contributed by atoms with Gasteiger partial charge in [-0.15, -0.1) is 0 Å². The highest BCUT2D eigenvalue weighted by Crippen LogP contribution is 2.30. The average Bonchev–Trinajstić information content (AvgIpc) is 2.79. The highest BCUT2D eigenvalue weighted by molar-refractivity contribution is 9.10. The molecule has 1 heterocycles. The quantitative estimate of drug-likeness (QED) is 0.404. The summed E-state index contributed by atoms with van der Waals surface area (Å²) in [6, 6.07) is 5.47. The van der Waals surface area contributed by atoms with E-state index in [2.05, 4.69) is 31.7 Å². The van der Waals surface area contributed by atoms with E-state index >= 15 is 0 Å². The number of hydrogen-bond donors (Lipinski definition) is 3. The SMILES string of the molecule is CC(C)(C)N/C=C(\N=N)C(=O)N[C@@H]1CCN(C(=O)OC(C)(C)C)Cc2cc(Br)ccc21. The number of carbonyl (C=O) groups excluding carboxylic acids is 2. The van der Waals surface area contributed by atoms with Crippen molar-refractivity contribution >= 4 is 27.9 Å². The molecular weight excluding hydrogens is 462 g/mol. The molecule has 1 aromatic carbocycles. The number of carbonyl (C=O) groups is 2. The van der Waals surface area contributed by atoms with Crippen LogP contribution in [0, 0.1) is 5.53 Å². The zero-order valence-electron chi connectivity index (χ0n) is 19.0. The minimum atomic E-state index is -0.591. The average molecular weight is 494 g/mol. The molecule has 0 spiro atoms. The molecule has 1 aliphatic rings. The first-order chi connectivity index (χ1) is 14.3. The molecule has 1 aliphatic heterocycles. The van der Waals surface area contributed by atoms with Gasteiger partial charge >= 0.3 is 6.09 Å². The molecule has 0 bridgehead atoms. The van der Waals surface area contributed by atoms with Gasteiger partial charge in [-0.2, -0.15) is 5.11 Å². The van der Waals surface area contributed by atoms with Crippen molar-refractivity contribution in [1.29, 1.82) is 5.53 Å². The van der Waals surface area contributed by atoms with Crippen LogP contribution in [0.5, 0.6) is 0 Å². The lowest BCUT2D eigenvalue weighted by atomic mass is 9.99. The van der Waals surface area contributed by atoms with E-state index in [0.717, 1.165) is 15.6 Å². The molecule has 170 valence electrons. The van der Waals surface area contributed by atoms with Gasteiger partial charge in [0.2, 0.25) is 0 Å². The fourth-order valence-electron chi connectivity index (χ4n) is 3.07. The number of fused-ring (bicyclic) bond motifs is 1. The summed E-state index contributed by atoms with van der Waals surface area (Å²) in [5.74, 6) is -0.448. The maximum Gasteiger partial charge on any atom is 0.410 e. The topological polar surface area (TPSA) is 107 Å². The number of amides is 2. The van der Waals surface area contributed by atoms with E-state index in [1.165, 1.54) is 6.20 Å². The lowest BCUT2D eigenvalue weighted by Crippen LogP contribution is -2.37. The molecule has 2 rings (SSSR count). The summed E-state index contributed by atoms with van der Waals surface area (Å²) < 4.78 is 6.43. The second-order valence-electron chi connectivity index (χ2n) is 9.60. The molecule has 0 saturated heterocycles. The van der Waals surface area contributed by atoms with Crippen LogP contribution in [0.25, 0.3) is 0 Å². The first-order valence-electron chi connectivity index (χ1n) is 10.2. The van der Waals surface area contributed by atoms with Gasteiger partial charge in [-0.1, -0.05) is 22.0 Å². The number of rotatable bonds is 4. The maximum atomic E-state index is 12.8. The Kier molecular flexibility index (Phi) is 7.86. The third kappa shape index (κ3) is 7.65. The Morgan fingerprint density at radius 3 is 2.52 bits per heavy atom. The smallest absolute Gasteiger partial charge is 0.410 e. The molecule has 3 N–H and O–H groups in total. The Labute approximate surface area is 192 Å². The van der Waals surface area contributed by atoms with E-state index in [1.54, 1.807) is 4.90 Å². The minimum absolute atomic E-state index is 0.0122. The molecular formula is C22H32BrN5O3. The Morgan fingerprint density at radius 2 is 1.94 bits per heavy atom. The predicted molar refractivity (Wildman–Crippen MR) is 122 cm³/mol. The van der Waals surface area contributed by atoms with Crippen LogP contribution in [0.4, 0.5) is 4.79 Å². The van der Waals surface area contributed by atoms with Gasteiger partial charge in [-0.05, 0) is 71.2 Å². The lowest BCUT2D eigenvalue weighted by molar-refractivity contribution is -0.118. The summed E-state index contributed by atoms with van der Waals surface area (Å²) in [7, 11) is 0. The molecule has 1 atom stereocenters. The highest BCUT2D eigenvalue weighted by Gasteiger charge is 2.29. The van der Waals surface area contributed by atoms with Gasteiger partial charge in [-0.3, -0.25) is 4.79 Å². The van der Waals surface area contributed by atoms with Gasteiger partial charge in [0.05, 0.1) is 6.04 Å². The largest absolute Gasteiger partial charge is 0.444 e. The van der Waals surface area contributed by atoms with Crippen LogP contribution in [0.15, 0.2) is 39.7 Å². The van der Waals surface area contributed by atoms with Gasteiger partial charge in [0.25, 0.3) is 5.91 Å². The van der Waals surface area contributed by atoms with Gasteiger partial charge in [-0.25, -0.2) is 10.3 Å². The number of nitrogens with one attached hydrogen (secondary N) is 3. The summed E-state index contributed by atoms with van der Waals surface area (Å²) in [4.78, 5) is 27.1. The molecule has 0 saturated carbocycles. The number of halogens is 1. The summed E-state index contributed by atoms with van der Waals surface area (Å²) in [5, 5.41) is 9.41. The van der Waals surface area contributed by atoms with Crippen LogP contribution in [0.2, 0.25) is 0 Å². The van der Waals surface area contributed by atoms with Gasteiger partial charge in [0.1, 0.15) is 5.60 Å². The van der Waals surface area contributed by atoms with Crippen LogP contribution in [-0.4, -0.2) is 34.6 Å². The summed E-state index contributed by atoms with van der Waals surface area (Å²) in [5.41, 5.74) is 8.37. The molecule has 0 fully saturated rings. The summed E-state index contributed by atoms with van der Waals surface area (Å²) in [6.07, 6.45) is 1.58. The summed E-state index contributed by atoms with van der Waals surface area (Å²) >= 11 is 3.49. The molecule has 8 nitrogen and oxygen atoms in total. The van der Waals surface area contributed by atoms with Crippen molar-refractivity contribution in [2.45, 2.75) is 71.7 Å². The first-order valence-corrected chi connectivity index (χ1v) is 11.0. The van der Waals surface area contributed by atoms with Crippen LogP contribution < -0.4 is 10.6 Å². The minimum Gasteiger partial charge on any atom is -0.444 e. The van der Waals surface area contributed by atoms with Crippen molar-refractivity contribution in [3.63, 3.8) is 0 Å². The van der Waals surface area contributed by atoms with Crippen LogP contribution in [0.1, 0.15) is 65.1 Å². The second kappa shape index (κ2) is 9.80. The van der Waals surface area contributed by atoms with Crippen molar-refractivity contribution < 1.29 is 14.3 Å². The third-order valence-corrected chi connectivity index (χ3v) is 4.97. The molecule has 2 amide bonds. The molecule has 31 heavy (non-hydrogen) atoms. The Balaban J connectivity index is 2.26. The first kappa shape index (κ1) is 24.8. The normalized spacial score (nSPS) is 17.3. The van der Waals surface area contributed by atoms with Crippen molar-refractivity contribution in [3.05, 3.63) is 45.7 Å². The monoisotopic (exact) mass is 493 g/mol. The van der Waals surface area contributed by atoms with Crippen molar-refractivity contribution in [2.75, 3.05) is 6.54 Å². The number of hydrogen-bond acceptors (Lipinski definition) is 6. The zero-order chi connectivity index (χ0) is 23.4. The molecule has 0 aliphatic carbocycles. The Bertz CT molecular complexity index is 871. The van der Waals surface area contributed by atoms with Gasteiger partial charge < -0.3 is 20.3 Å². The van der Waals surface area contributed by atoms with Gasteiger partial charge in [0.15, 0.2) is 5.70 Å². The lowest BCUT2D eigenvalue weighted by Gasteiger charge is -2.26. The fraction of sp³-hybridized carbons (Fsp3) is 0.545. The van der Waals surface area contributed by atoms with Gasteiger partial charge in [0, 0.05) is 29.3 Å². The van der Waals surface area contributed by atoms with Crippen LogP contribution in [0.3, 0.4) is 0 Å². The van der Waals surface area contributed by atoms with E-state index in [0.29, 0.717) is 19.5 Å². The van der Waals surface area contributed by atoms with E-state index in [9.17, 15) is 9.59 Å². The van der Waals surface area contributed by atoms with Crippen molar-refractivity contribution in [2.24, 2.45) is 5.11 Å².